The molecule has 4 rings (SSSR count). The minimum Gasteiger partial charge on any atom is -0.379 e. The van der Waals surface area contributed by atoms with Crippen LogP contribution in [0.1, 0.15) is 10.4 Å². The topological polar surface area (TPSA) is 41.6 Å². The molecule has 0 aliphatic carbocycles. The van der Waals surface area contributed by atoms with Crippen LogP contribution >= 0.6 is 11.8 Å². The van der Waals surface area contributed by atoms with Gasteiger partial charge in [-0.05, 0) is 24.3 Å². The molecule has 0 atom stereocenters. The molecule has 2 aliphatic heterocycles. The number of Topliss-reactive ketones (excluding diaryl/α,β-unsaturated/α-hetero) is 1. The van der Waals surface area contributed by atoms with Crippen molar-refractivity contribution in [2.24, 2.45) is 0 Å². The predicted octanol–water partition coefficient (Wildman–Crippen LogP) is 3.41. The van der Waals surface area contributed by atoms with Gasteiger partial charge in [0, 0.05) is 28.4 Å². The van der Waals surface area contributed by atoms with E-state index in [0.717, 1.165) is 34.9 Å². The van der Waals surface area contributed by atoms with Crippen molar-refractivity contribution in [1.82, 2.24) is 4.90 Å². The van der Waals surface area contributed by atoms with Crippen LogP contribution in [-0.4, -0.2) is 43.5 Å². The number of ketones is 1. The molecular weight excluding hydrogens is 308 g/mol. The standard InChI is InChI=1S/C18H18N2O2S/c21-16(12-20-7-9-22-10-8-20)13-5-6-18-15(11-13)19-14-3-1-2-4-17(14)23-18/h1-6,11,19H,7-10,12H2. The van der Waals surface area contributed by atoms with E-state index in [4.69, 9.17) is 4.74 Å². The lowest BCUT2D eigenvalue weighted by atomic mass is 10.1. The van der Waals surface area contributed by atoms with Crippen molar-refractivity contribution in [3.63, 3.8) is 0 Å². The number of morpholine rings is 1. The van der Waals surface area contributed by atoms with Crippen molar-refractivity contribution in [1.29, 1.82) is 0 Å². The van der Waals surface area contributed by atoms with Crippen LogP contribution in [0.5, 0.6) is 0 Å². The van der Waals surface area contributed by atoms with Gasteiger partial charge in [-0.3, -0.25) is 9.69 Å². The lowest BCUT2D eigenvalue weighted by Gasteiger charge is -2.26. The Morgan fingerprint density at radius 2 is 1.87 bits per heavy atom. The summed E-state index contributed by atoms with van der Waals surface area (Å²) in [5.74, 6) is 0.167. The number of nitrogens with one attached hydrogen (secondary N) is 1. The molecule has 4 nitrogen and oxygen atoms in total. The van der Waals surface area contributed by atoms with Gasteiger partial charge in [-0.2, -0.15) is 0 Å². The van der Waals surface area contributed by atoms with Crippen molar-refractivity contribution in [2.45, 2.75) is 9.79 Å². The Morgan fingerprint density at radius 3 is 2.74 bits per heavy atom. The van der Waals surface area contributed by atoms with Crippen LogP contribution in [0, 0.1) is 0 Å². The monoisotopic (exact) mass is 326 g/mol. The molecule has 23 heavy (non-hydrogen) atoms. The van der Waals surface area contributed by atoms with E-state index in [9.17, 15) is 4.79 Å². The van der Waals surface area contributed by atoms with E-state index in [1.54, 1.807) is 11.8 Å². The van der Waals surface area contributed by atoms with Crippen LogP contribution < -0.4 is 5.32 Å². The lowest BCUT2D eigenvalue weighted by molar-refractivity contribution is 0.0371. The molecule has 0 unspecified atom stereocenters. The molecule has 0 amide bonds. The highest BCUT2D eigenvalue weighted by Gasteiger charge is 2.19. The number of anilines is 2. The van der Waals surface area contributed by atoms with E-state index in [0.29, 0.717) is 19.8 Å². The second kappa shape index (κ2) is 6.35. The minimum absolute atomic E-state index is 0.167. The Balaban J connectivity index is 1.52. The van der Waals surface area contributed by atoms with Crippen LogP contribution in [0.15, 0.2) is 52.3 Å². The predicted molar refractivity (Wildman–Crippen MR) is 91.9 cm³/mol. The Bertz CT molecular complexity index is 742. The first-order valence-electron chi connectivity index (χ1n) is 7.81. The second-order valence-electron chi connectivity index (χ2n) is 5.75. The molecule has 2 aromatic carbocycles. The maximum atomic E-state index is 12.5. The number of fused-ring (bicyclic) bond motifs is 2. The van der Waals surface area contributed by atoms with Gasteiger partial charge in [-0.25, -0.2) is 0 Å². The van der Waals surface area contributed by atoms with Crippen molar-refractivity contribution in [3.05, 3.63) is 48.0 Å². The summed E-state index contributed by atoms with van der Waals surface area (Å²) >= 11 is 1.74. The van der Waals surface area contributed by atoms with E-state index >= 15 is 0 Å². The number of carbonyl (C=O) groups excluding carboxylic acids is 1. The molecule has 0 radical (unpaired) electrons. The summed E-state index contributed by atoms with van der Waals surface area (Å²) in [7, 11) is 0. The zero-order chi connectivity index (χ0) is 15.6. The van der Waals surface area contributed by atoms with Crippen LogP contribution in [-0.2, 0) is 4.74 Å². The zero-order valence-corrected chi connectivity index (χ0v) is 13.6. The fourth-order valence-electron chi connectivity index (χ4n) is 2.87. The van der Waals surface area contributed by atoms with Crippen LogP contribution in [0.25, 0.3) is 0 Å². The smallest absolute Gasteiger partial charge is 0.176 e. The Labute approximate surface area is 139 Å². The summed E-state index contributed by atoms with van der Waals surface area (Å²) in [5.41, 5.74) is 2.88. The van der Waals surface area contributed by atoms with E-state index in [2.05, 4.69) is 22.3 Å². The van der Waals surface area contributed by atoms with Gasteiger partial charge in [0.15, 0.2) is 5.78 Å². The minimum atomic E-state index is 0.167. The summed E-state index contributed by atoms with van der Waals surface area (Å²) in [5, 5.41) is 3.43. The Morgan fingerprint density at radius 1 is 1.09 bits per heavy atom. The average Bonchev–Trinajstić information content (AvgIpc) is 2.60. The molecular formula is C18H18N2O2S. The first-order valence-corrected chi connectivity index (χ1v) is 8.62. The molecule has 2 aromatic rings. The number of para-hydroxylation sites is 1. The van der Waals surface area contributed by atoms with E-state index in [1.165, 1.54) is 4.90 Å². The average molecular weight is 326 g/mol. The molecule has 2 heterocycles. The highest BCUT2D eigenvalue weighted by atomic mass is 32.2. The summed E-state index contributed by atoms with van der Waals surface area (Å²) in [4.78, 5) is 17.1. The van der Waals surface area contributed by atoms with Crippen molar-refractivity contribution in [3.8, 4) is 0 Å². The zero-order valence-electron chi connectivity index (χ0n) is 12.7. The highest BCUT2D eigenvalue weighted by molar-refractivity contribution is 7.99. The van der Waals surface area contributed by atoms with Gasteiger partial charge in [0.25, 0.3) is 0 Å². The van der Waals surface area contributed by atoms with E-state index in [-0.39, 0.29) is 5.78 Å². The molecule has 1 N–H and O–H groups in total. The Hall–Kier alpha value is -1.82. The SMILES string of the molecule is O=C(CN1CCOCC1)c1ccc2c(c1)Nc1ccccc1S2. The summed E-state index contributed by atoms with van der Waals surface area (Å²) < 4.78 is 5.33. The first-order chi connectivity index (χ1) is 11.3. The van der Waals surface area contributed by atoms with Crippen molar-refractivity contribution in [2.75, 3.05) is 38.2 Å². The normalized spacial score (nSPS) is 17.0. The van der Waals surface area contributed by atoms with Crippen molar-refractivity contribution >= 4 is 28.9 Å². The van der Waals surface area contributed by atoms with Gasteiger partial charge >= 0.3 is 0 Å². The van der Waals surface area contributed by atoms with Gasteiger partial charge in [-0.15, -0.1) is 0 Å². The van der Waals surface area contributed by atoms with Crippen LogP contribution in [0.4, 0.5) is 11.4 Å². The molecule has 0 aromatic heterocycles. The number of benzene rings is 2. The quantitative estimate of drug-likeness (QED) is 0.747. The van der Waals surface area contributed by atoms with Crippen LogP contribution in [0.3, 0.4) is 0 Å². The number of carbonyl (C=O) groups is 1. The maximum Gasteiger partial charge on any atom is 0.176 e. The molecule has 0 bridgehead atoms. The molecule has 1 fully saturated rings. The lowest BCUT2D eigenvalue weighted by Crippen LogP contribution is -2.39. The third-order valence-corrected chi connectivity index (χ3v) is 5.30. The number of rotatable bonds is 3. The maximum absolute atomic E-state index is 12.5. The highest BCUT2D eigenvalue weighted by Crippen LogP contribution is 2.44. The van der Waals surface area contributed by atoms with E-state index < -0.39 is 0 Å². The molecule has 0 spiro atoms. The second-order valence-corrected chi connectivity index (χ2v) is 6.83. The van der Waals surface area contributed by atoms with Gasteiger partial charge in [-0.1, -0.05) is 30.0 Å². The third kappa shape index (κ3) is 3.13. The molecule has 1 saturated heterocycles. The summed E-state index contributed by atoms with van der Waals surface area (Å²) in [6.45, 7) is 3.56. The third-order valence-electron chi connectivity index (χ3n) is 4.15. The molecule has 2 aliphatic rings. The summed E-state index contributed by atoms with van der Waals surface area (Å²) in [6, 6.07) is 14.2. The van der Waals surface area contributed by atoms with E-state index in [1.807, 2.05) is 30.3 Å². The van der Waals surface area contributed by atoms with Crippen molar-refractivity contribution < 1.29 is 9.53 Å². The number of ether oxygens (including phenoxy) is 1. The van der Waals surface area contributed by atoms with Gasteiger partial charge in [0.05, 0.1) is 31.1 Å². The van der Waals surface area contributed by atoms with Gasteiger partial charge < -0.3 is 10.1 Å². The molecule has 118 valence electrons. The number of nitrogens with zero attached hydrogens (tertiary/aromatic N) is 1. The molecule has 0 saturated carbocycles. The Kier molecular flexibility index (Phi) is 4.08. The van der Waals surface area contributed by atoms with Crippen LogP contribution in [0.2, 0.25) is 0 Å². The van der Waals surface area contributed by atoms with Gasteiger partial charge in [0.2, 0.25) is 0 Å². The largest absolute Gasteiger partial charge is 0.379 e. The number of hydrogen-bond donors (Lipinski definition) is 1. The number of hydrogen-bond acceptors (Lipinski definition) is 5. The summed E-state index contributed by atoms with van der Waals surface area (Å²) in [6.07, 6.45) is 0. The van der Waals surface area contributed by atoms with Gasteiger partial charge in [0.1, 0.15) is 0 Å². The fraction of sp³-hybridized carbons (Fsp3) is 0.278. The first kappa shape index (κ1) is 14.8. The fourth-order valence-corrected chi connectivity index (χ4v) is 3.83. The molecule has 5 heteroatoms.